The molecule has 3 aromatic rings. The molecule has 0 atom stereocenters. The van der Waals surface area contributed by atoms with E-state index in [2.05, 4.69) is 29.6 Å². The van der Waals surface area contributed by atoms with Crippen molar-refractivity contribution in [3.63, 3.8) is 0 Å². The van der Waals surface area contributed by atoms with E-state index in [9.17, 15) is 14.4 Å². The number of carbonyl (C=O) groups is 3. The van der Waals surface area contributed by atoms with Crippen LogP contribution in [0.3, 0.4) is 0 Å². The van der Waals surface area contributed by atoms with Gasteiger partial charge in [-0.1, -0.05) is 60.7 Å². The number of ether oxygens (including phenoxy) is 1. The molecule has 1 aliphatic rings. The summed E-state index contributed by atoms with van der Waals surface area (Å²) in [6.45, 7) is 0.738. The van der Waals surface area contributed by atoms with Crippen molar-refractivity contribution >= 4 is 18.0 Å². The van der Waals surface area contributed by atoms with Crippen LogP contribution in [0.15, 0.2) is 72.8 Å². The van der Waals surface area contributed by atoms with Crippen LogP contribution in [0.25, 0.3) is 11.1 Å². The molecule has 0 aliphatic heterocycles. The second-order valence-electron chi connectivity index (χ2n) is 8.25. The summed E-state index contributed by atoms with van der Waals surface area (Å²) in [4.78, 5) is 37.1. The molecule has 0 aromatic heterocycles. The van der Waals surface area contributed by atoms with Crippen LogP contribution in [0.1, 0.15) is 39.4 Å². The van der Waals surface area contributed by atoms with Crippen molar-refractivity contribution in [2.45, 2.75) is 18.9 Å². The number of alkyl carbamates (subject to hydrolysis) is 1. The van der Waals surface area contributed by atoms with Crippen LogP contribution < -0.4 is 5.32 Å². The number of nitrogens with zero attached hydrogens (tertiary/aromatic N) is 1. The topological polar surface area (TPSA) is 95.9 Å². The predicted molar refractivity (Wildman–Crippen MR) is 128 cm³/mol. The van der Waals surface area contributed by atoms with Crippen molar-refractivity contribution in [3.05, 3.63) is 95.1 Å². The van der Waals surface area contributed by atoms with Gasteiger partial charge < -0.3 is 20.1 Å². The molecule has 0 saturated carbocycles. The van der Waals surface area contributed by atoms with Crippen LogP contribution in [0.5, 0.6) is 0 Å². The van der Waals surface area contributed by atoms with Gasteiger partial charge in [0.2, 0.25) is 5.91 Å². The van der Waals surface area contributed by atoms with E-state index >= 15 is 0 Å². The molecule has 4 rings (SSSR count). The number of hydrogen-bond donors (Lipinski definition) is 2. The van der Waals surface area contributed by atoms with E-state index < -0.39 is 12.1 Å². The number of carboxylic acid groups (broad SMARTS) is 1. The molecule has 0 saturated heterocycles. The lowest BCUT2D eigenvalue weighted by Gasteiger charge is -2.18. The minimum absolute atomic E-state index is 0.0153. The van der Waals surface area contributed by atoms with Crippen LogP contribution in [-0.2, 0) is 16.1 Å². The normalized spacial score (nSPS) is 11.9. The third-order valence-electron chi connectivity index (χ3n) is 6.00. The highest BCUT2D eigenvalue weighted by Crippen LogP contribution is 2.44. The zero-order valence-electron chi connectivity index (χ0n) is 18.9. The standard InChI is InChI=1S/C27H26N2O5/c1-29(16-18-10-12-19(13-11-18)26(31)32)25(30)14-15-28-27(33)34-17-24-22-8-4-2-6-20(22)21-7-3-5-9-23(21)24/h2-13,24H,14-17H2,1H3,(H,28,33)(H,31,32). The van der Waals surface area contributed by atoms with E-state index in [0.29, 0.717) is 6.54 Å². The predicted octanol–water partition coefficient (Wildman–Crippen LogP) is 4.27. The Balaban J connectivity index is 1.23. The van der Waals surface area contributed by atoms with Crippen LogP contribution >= 0.6 is 0 Å². The van der Waals surface area contributed by atoms with Gasteiger partial charge >= 0.3 is 12.1 Å². The summed E-state index contributed by atoms with van der Waals surface area (Å²) in [5.74, 6) is -1.14. The molecule has 7 nitrogen and oxygen atoms in total. The molecule has 0 bridgehead atoms. The van der Waals surface area contributed by atoms with Crippen molar-refractivity contribution < 1.29 is 24.2 Å². The fourth-order valence-corrected chi connectivity index (χ4v) is 4.23. The quantitative estimate of drug-likeness (QED) is 0.526. The lowest BCUT2D eigenvalue weighted by atomic mass is 9.98. The number of carboxylic acids is 1. The Kier molecular flexibility index (Phi) is 6.92. The van der Waals surface area contributed by atoms with E-state index in [-0.39, 0.29) is 37.0 Å². The summed E-state index contributed by atoms with van der Waals surface area (Å²) in [6, 6.07) is 22.6. The Morgan fingerprint density at radius 2 is 1.50 bits per heavy atom. The molecule has 2 N–H and O–H groups in total. The lowest BCUT2D eigenvalue weighted by molar-refractivity contribution is -0.130. The number of hydrogen-bond acceptors (Lipinski definition) is 4. The third kappa shape index (κ3) is 5.09. The summed E-state index contributed by atoms with van der Waals surface area (Å²) in [6.07, 6.45) is -0.421. The molecule has 7 heteroatoms. The Morgan fingerprint density at radius 3 is 2.09 bits per heavy atom. The Labute approximate surface area is 198 Å². The van der Waals surface area contributed by atoms with Gasteiger partial charge in [0.1, 0.15) is 6.61 Å². The van der Waals surface area contributed by atoms with E-state index in [1.165, 1.54) is 28.2 Å². The Bertz CT molecular complexity index is 1160. The molecular weight excluding hydrogens is 432 g/mol. The number of aromatic carboxylic acids is 1. The van der Waals surface area contributed by atoms with Gasteiger partial charge in [-0.25, -0.2) is 9.59 Å². The monoisotopic (exact) mass is 458 g/mol. The first-order valence-corrected chi connectivity index (χ1v) is 11.1. The van der Waals surface area contributed by atoms with Crippen LogP contribution in [-0.4, -0.2) is 48.2 Å². The molecule has 3 aromatic carbocycles. The van der Waals surface area contributed by atoms with Crippen LogP contribution in [0.4, 0.5) is 4.79 Å². The summed E-state index contributed by atoms with van der Waals surface area (Å²) in [7, 11) is 1.67. The maximum Gasteiger partial charge on any atom is 0.407 e. The first-order chi connectivity index (χ1) is 16.4. The number of rotatable bonds is 8. The number of benzene rings is 3. The lowest BCUT2D eigenvalue weighted by Crippen LogP contribution is -2.32. The first-order valence-electron chi connectivity index (χ1n) is 11.1. The molecule has 0 spiro atoms. The highest BCUT2D eigenvalue weighted by molar-refractivity contribution is 5.87. The van der Waals surface area contributed by atoms with Gasteiger partial charge in [-0.15, -0.1) is 0 Å². The van der Waals surface area contributed by atoms with Gasteiger partial charge in [0.05, 0.1) is 5.56 Å². The molecule has 0 heterocycles. The minimum atomic E-state index is -0.990. The van der Waals surface area contributed by atoms with Gasteiger partial charge in [-0.3, -0.25) is 4.79 Å². The largest absolute Gasteiger partial charge is 0.478 e. The van der Waals surface area contributed by atoms with E-state index in [4.69, 9.17) is 9.84 Å². The van der Waals surface area contributed by atoms with E-state index in [0.717, 1.165) is 16.7 Å². The molecule has 2 amide bonds. The van der Waals surface area contributed by atoms with Crippen molar-refractivity contribution in [1.82, 2.24) is 10.2 Å². The van der Waals surface area contributed by atoms with Crippen molar-refractivity contribution in [1.29, 1.82) is 0 Å². The molecule has 34 heavy (non-hydrogen) atoms. The molecule has 174 valence electrons. The highest BCUT2D eigenvalue weighted by Gasteiger charge is 2.29. The maximum absolute atomic E-state index is 12.4. The van der Waals surface area contributed by atoms with E-state index in [1.54, 1.807) is 19.2 Å². The molecular formula is C27H26N2O5. The van der Waals surface area contributed by atoms with E-state index in [1.807, 2.05) is 24.3 Å². The zero-order valence-corrected chi connectivity index (χ0v) is 18.9. The zero-order chi connectivity index (χ0) is 24.1. The first kappa shape index (κ1) is 23.0. The van der Waals surface area contributed by atoms with Crippen LogP contribution in [0.2, 0.25) is 0 Å². The second-order valence-corrected chi connectivity index (χ2v) is 8.25. The summed E-state index contributed by atoms with van der Waals surface area (Å²) < 4.78 is 5.49. The average molecular weight is 459 g/mol. The fourth-order valence-electron chi connectivity index (χ4n) is 4.23. The van der Waals surface area contributed by atoms with Crippen molar-refractivity contribution in [2.24, 2.45) is 0 Å². The molecule has 0 radical (unpaired) electrons. The maximum atomic E-state index is 12.4. The van der Waals surface area contributed by atoms with Gasteiger partial charge in [0.15, 0.2) is 0 Å². The van der Waals surface area contributed by atoms with Gasteiger partial charge in [0, 0.05) is 32.5 Å². The Morgan fingerprint density at radius 1 is 0.912 bits per heavy atom. The fraction of sp³-hybridized carbons (Fsp3) is 0.222. The smallest absolute Gasteiger partial charge is 0.407 e. The second kappa shape index (κ2) is 10.2. The average Bonchev–Trinajstić information content (AvgIpc) is 3.16. The number of carbonyl (C=O) groups excluding carboxylic acids is 2. The summed E-state index contributed by atoms with van der Waals surface area (Å²) in [5.41, 5.74) is 5.64. The number of fused-ring (bicyclic) bond motifs is 3. The molecule has 1 aliphatic carbocycles. The molecule has 0 unspecified atom stereocenters. The number of amides is 2. The Hall–Kier alpha value is -4.13. The van der Waals surface area contributed by atoms with Crippen LogP contribution in [0, 0.1) is 0 Å². The number of nitrogens with one attached hydrogen (secondary N) is 1. The highest BCUT2D eigenvalue weighted by atomic mass is 16.5. The third-order valence-corrected chi connectivity index (χ3v) is 6.00. The van der Waals surface area contributed by atoms with Crippen molar-refractivity contribution in [3.8, 4) is 11.1 Å². The van der Waals surface area contributed by atoms with Gasteiger partial charge in [-0.2, -0.15) is 0 Å². The van der Waals surface area contributed by atoms with Crippen molar-refractivity contribution in [2.75, 3.05) is 20.2 Å². The minimum Gasteiger partial charge on any atom is -0.478 e. The molecule has 0 fully saturated rings. The van der Waals surface area contributed by atoms with Gasteiger partial charge in [-0.05, 0) is 39.9 Å². The van der Waals surface area contributed by atoms with Gasteiger partial charge in [0.25, 0.3) is 0 Å². The summed E-state index contributed by atoms with van der Waals surface area (Å²) >= 11 is 0. The summed E-state index contributed by atoms with van der Waals surface area (Å²) in [5, 5.41) is 11.6. The SMILES string of the molecule is CN(Cc1ccc(C(=O)O)cc1)C(=O)CCNC(=O)OCC1c2ccccc2-c2ccccc21.